The van der Waals surface area contributed by atoms with E-state index in [-0.39, 0.29) is 22.7 Å². The molecule has 7 nitrogen and oxygen atoms in total. The first-order valence-corrected chi connectivity index (χ1v) is 10.5. The number of pyridine rings is 1. The van der Waals surface area contributed by atoms with Gasteiger partial charge in [0.1, 0.15) is 16.1 Å². The van der Waals surface area contributed by atoms with Gasteiger partial charge in [0.05, 0.1) is 12.3 Å². The Labute approximate surface area is 185 Å². The molecule has 0 atom stereocenters. The maximum atomic E-state index is 12.9. The number of nitrogens with one attached hydrogen (secondary N) is 1. The van der Waals surface area contributed by atoms with Gasteiger partial charge in [0.15, 0.2) is 0 Å². The average molecular weight is 454 g/mol. The van der Waals surface area contributed by atoms with Crippen molar-refractivity contribution in [3.8, 4) is 10.4 Å². The fraction of sp³-hybridized carbons (Fsp3) is 0.0909. The summed E-state index contributed by atoms with van der Waals surface area (Å²) in [4.78, 5) is 43.2. The van der Waals surface area contributed by atoms with Gasteiger partial charge in [0.25, 0.3) is 11.5 Å². The molecule has 9 heteroatoms. The Kier molecular flexibility index (Phi) is 5.83. The number of ether oxygens (including phenoxy) is 1. The summed E-state index contributed by atoms with van der Waals surface area (Å²) < 4.78 is 6.41. The Morgan fingerprint density at radius 3 is 2.71 bits per heavy atom. The lowest BCUT2D eigenvalue weighted by atomic mass is 10.2. The third kappa shape index (κ3) is 4.21. The molecule has 0 spiro atoms. The van der Waals surface area contributed by atoms with Crippen molar-refractivity contribution >= 4 is 46.1 Å². The van der Waals surface area contributed by atoms with E-state index in [9.17, 15) is 14.4 Å². The average Bonchev–Trinajstić information content (AvgIpc) is 3.18. The van der Waals surface area contributed by atoms with Crippen molar-refractivity contribution in [3.05, 3.63) is 86.7 Å². The van der Waals surface area contributed by atoms with Crippen LogP contribution in [0.15, 0.2) is 65.7 Å². The van der Waals surface area contributed by atoms with E-state index in [1.165, 1.54) is 28.1 Å². The molecule has 0 saturated heterocycles. The zero-order chi connectivity index (χ0) is 22.0. The van der Waals surface area contributed by atoms with Crippen LogP contribution in [0.4, 0.5) is 5.69 Å². The number of thiophene rings is 1. The number of carbonyl (C=O) groups is 2. The number of hydrogen-bond acceptors (Lipinski definition) is 6. The fourth-order valence-corrected chi connectivity index (χ4v) is 4.10. The molecule has 0 bridgehead atoms. The molecule has 0 aliphatic heterocycles. The van der Waals surface area contributed by atoms with Gasteiger partial charge in [-0.2, -0.15) is 0 Å². The van der Waals surface area contributed by atoms with Crippen molar-refractivity contribution in [1.29, 1.82) is 0 Å². The molecule has 0 fully saturated rings. The lowest BCUT2D eigenvalue weighted by molar-refractivity contribution is 0.0533. The van der Waals surface area contributed by atoms with Crippen LogP contribution in [0, 0.1) is 0 Å². The van der Waals surface area contributed by atoms with Crippen LogP contribution >= 0.6 is 22.9 Å². The molecule has 1 aromatic carbocycles. The number of amides is 1. The number of anilines is 1. The molecule has 4 aromatic rings. The van der Waals surface area contributed by atoms with E-state index < -0.39 is 17.4 Å². The van der Waals surface area contributed by atoms with Crippen LogP contribution < -0.4 is 10.9 Å². The summed E-state index contributed by atoms with van der Waals surface area (Å²) in [6.07, 6.45) is 2.76. The van der Waals surface area contributed by atoms with Crippen molar-refractivity contribution in [1.82, 2.24) is 9.38 Å². The molecule has 0 unspecified atom stereocenters. The molecule has 31 heavy (non-hydrogen) atoms. The molecule has 0 aliphatic carbocycles. The summed E-state index contributed by atoms with van der Waals surface area (Å²) in [5.41, 5.74) is 0.868. The van der Waals surface area contributed by atoms with Gasteiger partial charge in [0, 0.05) is 22.3 Å². The van der Waals surface area contributed by atoms with Crippen LogP contribution in [0.3, 0.4) is 0 Å². The summed E-state index contributed by atoms with van der Waals surface area (Å²) in [6.45, 7) is 1.89. The van der Waals surface area contributed by atoms with E-state index in [0.717, 1.165) is 10.4 Å². The van der Waals surface area contributed by atoms with Crippen LogP contribution in [-0.2, 0) is 4.74 Å². The Balaban J connectivity index is 1.72. The number of nitrogens with zero attached hydrogens (tertiary/aromatic N) is 2. The van der Waals surface area contributed by atoms with E-state index in [1.54, 1.807) is 43.3 Å². The van der Waals surface area contributed by atoms with Crippen molar-refractivity contribution in [2.75, 3.05) is 11.9 Å². The van der Waals surface area contributed by atoms with Crippen LogP contribution in [0.25, 0.3) is 16.1 Å². The molecular weight excluding hydrogens is 438 g/mol. The minimum atomic E-state index is -0.665. The number of halogens is 1. The predicted octanol–water partition coefficient (Wildman–Crippen LogP) is 4.51. The van der Waals surface area contributed by atoms with E-state index in [0.29, 0.717) is 10.7 Å². The molecule has 3 heterocycles. The van der Waals surface area contributed by atoms with Crippen molar-refractivity contribution < 1.29 is 14.3 Å². The molecule has 0 radical (unpaired) electrons. The molecule has 0 aliphatic rings. The van der Waals surface area contributed by atoms with Crippen molar-refractivity contribution in [3.63, 3.8) is 0 Å². The van der Waals surface area contributed by atoms with Gasteiger partial charge in [0.2, 0.25) is 0 Å². The molecular formula is C22H16ClN3O4S. The maximum absolute atomic E-state index is 12.9. The van der Waals surface area contributed by atoms with Crippen molar-refractivity contribution in [2.45, 2.75) is 6.92 Å². The lowest BCUT2D eigenvalue weighted by Gasteiger charge is -2.07. The first-order chi connectivity index (χ1) is 15.0. The summed E-state index contributed by atoms with van der Waals surface area (Å²) in [5.74, 6) is -1.22. The van der Waals surface area contributed by atoms with Crippen molar-refractivity contribution in [2.24, 2.45) is 0 Å². The highest BCUT2D eigenvalue weighted by atomic mass is 35.5. The first kappa shape index (κ1) is 20.8. The van der Waals surface area contributed by atoms with Crippen LogP contribution in [0.2, 0.25) is 5.02 Å². The topological polar surface area (TPSA) is 89.8 Å². The minimum Gasteiger partial charge on any atom is -0.462 e. The quantitative estimate of drug-likeness (QED) is 0.449. The highest BCUT2D eigenvalue weighted by Gasteiger charge is 2.22. The van der Waals surface area contributed by atoms with Gasteiger partial charge in [-0.05, 0) is 42.8 Å². The Morgan fingerprint density at radius 1 is 1.19 bits per heavy atom. The number of aromatic nitrogens is 2. The van der Waals surface area contributed by atoms with Gasteiger partial charge in [-0.3, -0.25) is 14.0 Å². The lowest BCUT2D eigenvalue weighted by Crippen LogP contribution is -2.26. The van der Waals surface area contributed by atoms with Gasteiger partial charge < -0.3 is 10.1 Å². The third-order valence-electron chi connectivity index (χ3n) is 4.43. The number of rotatable bonds is 5. The highest BCUT2D eigenvalue weighted by molar-refractivity contribution is 7.18. The summed E-state index contributed by atoms with van der Waals surface area (Å²) in [7, 11) is 0. The SMILES string of the molecule is CCOC(=O)c1sc(-c2ccc(Cl)cc2)cc1NC(=O)c1cnc2ccccn2c1=O. The molecule has 3 aromatic heterocycles. The smallest absolute Gasteiger partial charge is 0.350 e. The maximum Gasteiger partial charge on any atom is 0.350 e. The standard InChI is InChI=1S/C22H16ClN3O4S/c1-2-30-22(29)19-16(11-17(31-19)13-6-8-14(23)9-7-13)25-20(27)15-12-24-18-5-3-4-10-26(18)21(15)28/h3-12H,2H2,1H3,(H,25,27). The highest BCUT2D eigenvalue weighted by Crippen LogP contribution is 2.36. The number of hydrogen-bond donors (Lipinski definition) is 1. The minimum absolute atomic E-state index is 0.141. The molecule has 1 N–H and O–H groups in total. The summed E-state index contributed by atoms with van der Waals surface area (Å²) in [5, 5.41) is 3.25. The number of benzene rings is 1. The Bertz CT molecular complexity index is 1350. The Morgan fingerprint density at radius 2 is 1.97 bits per heavy atom. The number of fused-ring (bicyclic) bond motifs is 1. The van der Waals surface area contributed by atoms with E-state index in [1.807, 2.05) is 12.1 Å². The fourth-order valence-electron chi connectivity index (χ4n) is 2.96. The van der Waals surface area contributed by atoms with Gasteiger partial charge in [-0.25, -0.2) is 9.78 Å². The second-order valence-corrected chi connectivity index (χ2v) is 7.93. The van der Waals surface area contributed by atoms with Gasteiger partial charge in [-0.15, -0.1) is 11.3 Å². The molecule has 0 saturated carbocycles. The molecule has 1 amide bonds. The second kappa shape index (κ2) is 8.71. The summed E-state index contributed by atoms with van der Waals surface area (Å²) in [6, 6.07) is 13.9. The van der Waals surface area contributed by atoms with Gasteiger partial charge in [-0.1, -0.05) is 29.8 Å². The van der Waals surface area contributed by atoms with Gasteiger partial charge >= 0.3 is 5.97 Å². The largest absolute Gasteiger partial charge is 0.462 e. The third-order valence-corrected chi connectivity index (χ3v) is 5.84. The molecule has 156 valence electrons. The number of carbonyl (C=O) groups excluding carboxylic acids is 2. The van der Waals surface area contributed by atoms with E-state index >= 15 is 0 Å². The van der Waals surface area contributed by atoms with Crippen LogP contribution in [0.1, 0.15) is 27.0 Å². The normalized spacial score (nSPS) is 10.8. The van der Waals surface area contributed by atoms with Crippen LogP contribution in [0.5, 0.6) is 0 Å². The van der Waals surface area contributed by atoms with E-state index in [4.69, 9.17) is 16.3 Å². The Hall–Kier alpha value is -3.49. The zero-order valence-corrected chi connectivity index (χ0v) is 17.9. The first-order valence-electron chi connectivity index (χ1n) is 9.32. The monoisotopic (exact) mass is 453 g/mol. The zero-order valence-electron chi connectivity index (χ0n) is 16.3. The predicted molar refractivity (Wildman–Crippen MR) is 120 cm³/mol. The van der Waals surface area contributed by atoms with Crippen LogP contribution in [-0.4, -0.2) is 27.9 Å². The number of esters is 1. The summed E-state index contributed by atoms with van der Waals surface area (Å²) >= 11 is 7.13. The van der Waals surface area contributed by atoms with E-state index in [2.05, 4.69) is 10.3 Å². The molecule has 4 rings (SSSR count). The second-order valence-electron chi connectivity index (χ2n) is 6.44.